The quantitative estimate of drug-likeness (QED) is 0.450. The fraction of sp³-hybridized carbons (Fsp3) is 0.733. The lowest BCUT2D eigenvalue weighted by Gasteiger charge is -2.03. The van der Waals surface area contributed by atoms with Gasteiger partial charge in [0.25, 0.3) is 0 Å². The van der Waals surface area contributed by atoms with Gasteiger partial charge in [0.2, 0.25) is 0 Å². The number of unbranched alkanes of at least 4 members (excludes halogenated alkanes) is 2. The van der Waals surface area contributed by atoms with E-state index in [0.717, 1.165) is 19.3 Å². The normalized spacial score (nSPS) is 11.6. The molecular weight excluding hydrogens is 212 g/mol. The first-order valence-electron chi connectivity index (χ1n) is 6.67. The minimum atomic E-state index is 0.144. The second-order valence-electron chi connectivity index (χ2n) is 5.25. The van der Waals surface area contributed by atoms with Crippen LogP contribution in [-0.4, -0.2) is 11.6 Å². The summed E-state index contributed by atoms with van der Waals surface area (Å²) in [6.07, 6.45) is 7.67. The molecule has 2 heteroatoms. The number of allylic oxidation sites excluding steroid dienone is 2. The van der Waals surface area contributed by atoms with E-state index in [-0.39, 0.29) is 11.7 Å². The lowest BCUT2D eigenvalue weighted by molar-refractivity contribution is -0.122. The smallest absolute Gasteiger partial charge is 0.155 e. The SMILES string of the molecule is CC(C)/C=C/C(=O)CCCCCC(=O)C(C)C. The standard InChI is InChI=1S/C15H26O2/c1-12(2)10-11-14(16)8-6-5-7-9-15(17)13(3)4/h10-13H,5-9H2,1-4H3/b11-10+. The van der Waals surface area contributed by atoms with Crippen LogP contribution in [0.25, 0.3) is 0 Å². The summed E-state index contributed by atoms with van der Waals surface area (Å²) in [5.41, 5.74) is 0. The van der Waals surface area contributed by atoms with Crippen molar-refractivity contribution in [1.29, 1.82) is 0 Å². The van der Waals surface area contributed by atoms with Crippen molar-refractivity contribution in [3.05, 3.63) is 12.2 Å². The zero-order chi connectivity index (χ0) is 13.3. The van der Waals surface area contributed by atoms with Gasteiger partial charge < -0.3 is 0 Å². The first-order valence-corrected chi connectivity index (χ1v) is 6.67. The molecule has 0 atom stereocenters. The summed E-state index contributed by atoms with van der Waals surface area (Å²) >= 11 is 0. The van der Waals surface area contributed by atoms with Gasteiger partial charge in [-0.2, -0.15) is 0 Å². The zero-order valence-electron chi connectivity index (χ0n) is 11.7. The van der Waals surface area contributed by atoms with E-state index >= 15 is 0 Å². The largest absolute Gasteiger partial charge is 0.299 e. The summed E-state index contributed by atoms with van der Waals surface area (Å²) in [7, 11) is 0. The molecule has 0 saturated heterocycles. The summed E-state index contributed by atoms with van der Waals surface area (Å²) in [5.74, 6) is 1.11. The molecule has 0 aromatic rings. The lowest BCUT2D eigenvalue weighted by atomic mass is 10.0. The third-order valence-electron chi connectivity index (χ3n) is 2.66. The summed E-state index contributed by atoms with van der Waals surface area (Å²) in [6, 6.07) is 0. The van der Waals surface area contributed by atoms with Crippen LogP contribution in [0.5, 0.6) is 0 Å². The maximum absolute atomic E-state index is 11.4. The fourth-order valence-corrected chi connectivity index (χ4v) is 1.45. The van der Waals surface area contributed by atoms with Gasteiger partial charge in [-0.25, -0.2) is 0 Å². The Morgan fingerprint density at radius 2 is 1.53 bits per heavy atom. The summed E-state index contributed by atoms with van der Waals surface area (Å²) in [5, 5.41) is 0. The second-order valence-corrected chi connectivity index (χ2v) is 5.25. The number of carbonyl (C=O) groups excluding carboxylic acids is 2. The number of rotatable bonds is 9. The predicted octanol–water partition coefficient (Wildman–Crippen LogP) is 3.94. The maximum Gasteiger partial charge on any atom is 0.155 e. The molecule has 0 radical (unpaired) electrons. The molecule has 0 unspecified atom stereocenters. The molecule has 0 aromatic carbocycles. The molecule has 0 bridgehead atoms. The highest BCUT2D eigenvalue weighted by atomic mass is 16.1. The van der Waals surface area contributed by atoms with Crippen LogP contribution in [0.1, 0.15) is 59.8 Å². The molecule has 98 valence electrons. The molecule has 0 aliphatic carbocycles. The van der Waals surface area contributed by atoms with Gasteiger partial charge in [-0.3, -0.25) is 9.59 Å². The van der Waals surface area contributed by atoms with Gasteiger partial charge >= 0.3 is 0 Å². The minimum Gasteiger partial charge on any atom is -0.299 e. The third-order valence-corrected chi connectivity index (χ3v) is 2.66. The Balaban J connectivity index is 3.52. The Labute approximate surface area is 105 Å². The first kappa shape index (κ1) is 16.1. The molecule has 17 heavy (non-hydrogen) atoms. The molecule has 0 aliphatic heterocycles. The monoisotopic (exact) mass is 238 g/mol. The zero-order valence-corrected chi connectivity index (χ0v) is 11.7. The Morgan fingerprint density at radius 1 is 0.941 bits per heavy atom. The van der Waals surface area contributed by atoms with Crippen LogP contribution >= 0.6 is 0 Å². The first-order chi connectivity index (χ1) is 7.93. The molecule has 0 spiro atoms. The van der Waals surface area contributed by atoms with E-state index in [0.29, 0.717) is 24.5 Å². The number of carbonyl (C=O) groups is 2. The van der Waals surface area contributed by atoms with Gasteiger partial charge in [-0.1, -0.05) is 40.2 Å². The van der Waals surface area contributed by atoms with Crippen molar-refractivity contribution < 1.29 is 9.59 Å². The van der Waals surface area contributed by atoms with Gasteiger partial charge in [0.1, 0.15) is 5.78 Å². The molecule has 0 aromatic heterocycles. The molecule has 0 rings (SSSR count). The van der Waals surface area contributed by atoms with Crippen molar-refractivity contribution in [3.63, 3.8) is 0 Å². The van der Waals surface area contributed by atoms with Crippen LogP contribution in [0.2, 0.25) is 0 Å². The molecular formula is C15H26O2. The van der Waals surface area contributed by atoms with Crippen molar-refractivity contribution >= 4 is 11.6 Å². The predicted molar refractivity (Wildman–Crippen MR) is 71.9 cm³/mol. The highest BCUT2D eigenvalue weighted by molar-refractivity contribution is 5.89. The number of hydrogen-bond acceptors (Lipinski definition) is 2. The van der Waals surface area contributed by atoms with Crippen molar-refractivity contribution in [2.75, 3.05) is 0 Å². The number of Topliss-reactive ketones (excluding diaryl/α,β-unsaturated/α-hetero) is 1. The Morgan fingerprint density at radius 3 is 2.06 bits per heavy atom. The molecule has 0 fully saturated rings. The summed E-state index contributed by atoms with van der Waals surface area (Å²) < 4.78 is 0. The van der Waals surface area contributed by atoms with E-state index in [1.165, 1.54) is 0 Å². The minimum absolute atomic E-state index is 0.144. The molecule has 2 nitrogen and oxygen atoms in total. The number of ketones is 2. The average Bonchev–Trinajstić information content (AvgIpc) is 2.25. The van der Waals surface area contributed by atoms with Crippen LogP contribution < -0.4 is 0 Å². The van der Waals surface area contributed by atoms with Crippen LogP contribution in [0.15, 0.2) is 12.2 Å². The second kappa shape index (κ2) is 9.15. The van der Waals surface area contributed by atoms with Gasteiger partial charge in [-0.15, -0.1) is 0 Å². The fourth-order valence-electron chi connectivity index (χ4n) is 1.45. The van der Waals surface area contributed by atoms with Gasteiger partial charge in [0.15, 0.2) is 5.78 Å². The van der Waals surface area contributed by atoms with E-state index in [1.807, 2.05) is 19.9 Å². The van der Waals surface area contributed by atoms with Gasteiger partial charge in [0, 0.05) is 18.8 Å². The van der Waals surface area contributed by atoms with Crippen LogP contribution in [-0.2, 0) is 9.59 Å². The molecule has 0 N–H and O–H groups in total. The lowest BCUT2D eigenvalue weighted by Crippen LogP contribution is -2.06. The molecule has 0 aliphatic rings. The third kappa shape index (κ3) is 9.98. The Hall–Kier alpha value is -0.920. The highest BCUT2D eigenvalue weighted by Crippen LogP contribution is 2.08. The van der Waals surface area contributed by atoms with E-state index < -0.39 is 0 Å². The van der Waals surface area contributed by atoms with Crippen molar-refractivity contribution in [3.8, 4) is 0 Å². The average molecular weight is 238 g/mol. The topological polar surface area (TPSA) is 34.1 Å². The maximum atomic E-state index is 11.4. The Kier molecular flexibility index (Phi) is 8.65. The Bertz CT molecular complexity index is 262. The van der Waals surface area contributed by atoms with Crippen molar-refractivity contribution in [2.24, 2.45) is 11.8 Å². The molecule has 0 saturated carbocycles. The van der Waals surface area contributed by atoms with E-state index in [9.17, 15) is 9.59 Å². The van der Waals surface area contributed by atoms with Crippen LogP contribution in [0, 0.1) is 11.8 Å². The van der Waals surface area contributed by atoms with E-state index in [4.69, 9.17) is 0 Å². The van der Waals surface area contributed by atoms with E-state index in [1.54, 1.807) is 6.08 Å². The van der Waals surface area contributed by atoms with Crippen molar-refractivity contribution in [1.82, 2.24) is 0 Å². The summed E-state index contributed by atoms with van der Waals surface area (Å²) in [6.45, 7) is 7.98. The molecule has 0 amide bonds. The number of hydrogen-bond donors (Lipinski definition) is 0. The van der Waals surface area contributed by atoms with Crippen LogP contribution in [0.3, 0.4) is 0 Å². The van der Waals surface area contributed by atoms with Crippen molar-refractivity contribution in [2.45, 2.75) is 59.8 Å². The summed E-state index contributed by atoms with van der Waals surface area (Å²) in [4.78, 5) is 22.7. The highest BCUT2D eigenvalue weighted by Gasteiger charge is 2.06. The van der Waals surface area contributed by atoms with E-state index in [2.05, 4.69) is 13.8 Å². The van der Waals surface area contributed by atoms with Gasteiger partial charge in [-0.05, 0) is 24.8 Å². The molecule has 0 heterocycles. The van der Waals surface area contributed by atoms with Crippen LogP contribution in [0.4, 0.5) is 0 Å². The van der Waals surface area contributed by atoms with Gasteiger partial charge in [0.05, 0.1) is 0 Å².